The van der Waals surface area contributed by atoms with Crippen LogP contribution in [0.15, 0.2) is 48.1 Å². The second-order valence-electron chi connectivity index (χ2n) is 8.70. The van der Waals surface area contributed by atoms with Crippen molar-refractivity contribution in [1.29, 1.82) is 0 Å². The van der Waals surface area contributed by atoms with Crippen LogP contribution in [0, 0.1) is 5.92 Å². The van der Waals surface area contributed by atoms with Gasteiger partial charge in [0.25, 0.3) is 0 Å². The molecule has 0 fully saturated rings. The quantitative estimate of drug-likeness (QED) is 0.204. The van der Waals surface area contributed by atoms with E-state index in [-0.39, 0.29) is 13.2 Å². The molecule has 0 heterocycles. The van der Waals surface area contributed by atoms with Crippen LogP contribution in [-0.4, -0.2) is 50.3 Å². The molecule has 33 heavy (non-hydrogen) atoms. The van der Waals surface area contributed by atoms with E-state index in [1.165, 1.54) is 31.9 Å². The summed E-state index contributed by atoms with van der Waals surface area (Å²) in [5.74, 6) is 0.510. The highest BCUT2D eigenvalue weighted by Gasteiger charge is 2.32. The molecule has 0 aromatic rings. The predicted octanol–water partition coefficient (Wildman–Crippen LogP) is 7.08. The van der Waals surface area contributed by atoms with Gasteiger partial charge in [-0.1, -0.05) is 87.3 Å². The molecule has 0 aliphatic heterocycles. The number of nitrogens with one attached hydrogen (secondary N) is 1. The average Bonchev–Trinajstić information content (AvgIpc) is 2.77. The number of carbonyl (C=O) groups is 2. The zero-order chi connectivity index (χ0) is 25.4. The van der Waals surface area contributed by atoms with Gasteiger partial charge >= 0.3 is 12.2 Å². The number of rotatable bonds is 10. The van der Waals surface area contributed by atoms with E-state index < -0.39 is 22.6 Å². The minimum absolute atomic E-state index is 0.0223. The van der Waals surface area contributed by atoms with Gasteiger partial charge in [0.05, 0.1) is 0 Å². The predicted molar refractivity (Wildman–Crippen MR) is 141 cm³/mol. The molecule has 7 heteroatoms. The molecule has 0 radical (unpaired) electrons. The molecule has 190 valence electrons. The Hall–Kier alpha value is -2.15. The summed E-state index contributed by atoms with van der Waals surface area (Å²) in [6.45, 7) is 16.5. The van der Waals surface area contributed by atoms with Crippen LogP contribution in [0.25, 0.3) is 0 Å². The fraction of sp³-hybridized carbons (Fsp3) is 0.615. The van der Waals surface area contributed by atoms with Crippen molar-refractivity contribution in [3.8, 4) is 0 Å². The maximum Gasteiger partial charge on any atom is 0.519 e. The van der Waals surface area contributed by atoms with E-state index >= 15 is 0 Å². The zero-order valence-corrected chi connectivity index (χ0v) is 22.5. The van der Waals surface area contributed by atoms with Crippen LogP contribution >= 0.6 is 10.3 Å². The molecule has 6 nitrogen and oxygen atoms in total. The Morgan fingerprint density at radius 3 is 2.12 bits per heavy atom. The first kappa shape index (κ1) is 30.9. The van der Waals surface area contributed by atoms with Crippen LogP contribution in [0.3, 0.4) is 0 Å². The summed E-state index contributed by atoms with van der Waals surface area (Å²) < 4.78 is 15.7. The normalized spacial score (nSPS) is 18.3. The van der Waals surface area contributed by atoms with E-state index in [9.17, 15) is 9.59 Å². The Morgan fingerprint density at radius 2 is 1.67 bits per heavy atom. The molecule has 2 unspecified atom stereocenters. The number of allylic oxidation sites excluding steroid dienone is 2. The SMILES string of the molecule is C=C(/C=C\C(=C)COC(=O)OS(C)(C)C1CC=C(C)C(C)C1)COC(=O)NC.CCCCC. The Labute approximate surface area is 203 Å². The molecule has 0 aromatic heterocycles. The molecule has 0 bridgehead atoms. The molecule has 1 aliphatic rings. The van der Waals surface area contributed by atoms with E-state index in [2.05, 4.69) is 52.2 Å². The van der Waals surface area contributed by atoms with E-state index in [1.807, 2.05) is 12.5 Å². The fourth-order valence-corrected chi connectivity index (χ4v) is 4.84. The first-order valence-electron chi connectivity index (χ1n) is 11.6. The number of ether oxygens (including phenoxy) is 2. The third-order valence-electron chi connectivity index (χ3n) is 5.41. The van der Waals surface area contributed by atoms with Crippen molar-refractivity contribution in [3.63, 3.8) is 0 Å². The summed E-state index contributed by atoms with van der Waals surface area (Å²) in [4.78, 5) is 23.1. The molecule has 1 amide bonds. The maximum absolute atomic E-state index is 12.1. The molecule has 0 saturated heterocycles. The van der Waals surface area contributed by atoms with Crippen LogP contribution in [-0.2, 0) is 13.7 Å². The molecule has 0 spiro atoms. The van der Waals surface area contributed by atoms with Gasteiger partial charge in [0.2, 0.25) is 0 Å². The minimum atomic E-state index is -1.57. The van der Waals surface area contributed by atoms with E-state index in [1.54, 1.807) is 12.2 Å². The summed E-state index contributed by atoms with van der Waals surface area (Å²) in [6, 6.07) is 0. The van der Waals surface area contributed by atoms with Crippen molar-refractivity contribution in [3.05, 3.63) is 48.1 Å². The maximum atomic E-state index is 12.1. The topological polar surface area (TPSA) is 73.9 Å². The van der Waals surface area contributed by atoms with Crippen molar-refractivity contribution < 1.29 is 23.2 Å². The Kier molecular flexibility index (Phi) is 15.4. The molecular formula is C26H45NO5S. The van der Waals surface area contributed by atoms with Gasteiger partial charge in [0.1, 0.15) is 13.2 Å². The molecule has 1 aliphatic carbocycles. The summed E-state index contributed by atoms with van der Waals surface area (Å²) in [5.41, 5.74) is 2.57. The fourth-order valence-electron chi connectivity index (χ4n) is 2.99. The second-order valence-corrected chi connectivity index (χ2v) is 12.2. The summed E-state index contributed by atoms with van der Waals surface area (Å²) in [5, 5.41) is 2.69. The number of amides is 1. The monoisotopic (exact) mass is 483 g/mol. The summed E-state index contributed by atoms with van der Waals surface area (Å²) in [7, 11) is -0.0850. The molecular weight excluding hydrogens is 438 g/mol. The van der Waals surface area contributed by atoms with E-state index in [0.29, 0.717) is 22.3 Å². The molecule has 0 saturated carbocycles. The number of unbranched alkanes of at least 4 members (excludes halogenated alkanes) is 2. The first-order chi connectivity index (χ1) is 15.5. The molecule has 1 N–H and O–H groups in total. The highest BCUT2D eigenvalue weighted by atomic mass is 32.3. The lowest BCUT2D eigenvalue weighted by Gasteiger charge is -2.41. The molecule has 2 atom stereocenters. The highest BCUT2D eigenvalue weighted by molar-refractivity contribution is 8.29. The number of alkyl carbamates (subject to hydrolysis) is 1. The number of carbonyl (C=O) groups excluding carboxylic acids is 2. The van der Waals surface area contributed by atoms with Crippen LogP contribution in [0.5, 0.6) is 0 Å². The second kappa shape index (κ2) is 16.5. The smallest absolute Gasteiger partial charge is 0.445 e. The lowest BCUT2D eigenvalue weighted by atomic mass is 9.90. The van der Waals surface area contributed by atoms with Gasteiger partial charge in [0.15, 0.2) is 0 Å². The van der Waals surface area contributed by atoms with Gasteiger partial charge in [-0.15, -0.1) is 0 Å². The lowest BCUT2D eigenvalue weighted by Crippen LogP contribution is -2.26. The largest absolute Gasteiger partial charge is 0.519 e. The first-order valence-corrected chi connectivity index (χ1v) is 14.0. The molecule has 1 rings (SSSR count). The number of hydrogen-bond donors (Lipinski definition) is 1. The van der Waals surface area contributed by atoms with Crippen molar-refractivity contribution in [1.82, 2.24) is 5.32 Å². The molecule has 0 aromatic carbocycles. The Balaban J connectivity index is 0.00000184. The van der Waals surface area contributed by atoms with Crippen molar-refractivity contribution in [2.45, 2.75) is 65.0 Å². The standard InChI is InChI=1S/C21H33NO5S.C5H12/c1-15(13-25-20(23)22-5)8-9-16(2)14-26-21(24)27-28(6,7)19-11-10-17(3)18(4)12-19;1-3-5-4-2/h8-10,18-19H,1-2,11-14H2,3-7H3,(H,22,23);3-5H2,1-2H3/b9-8-;. The third kappa shape index (κ3) is 13.9. The van der Waals surface area contributed by atoms with Gasteiger partial charge in [-0.05, 0) is 49.3 Å². The lowest BCUT2D eigenvalue weighted by molar-refractivity contribution is 0.113. The van der Waals surface area contributed by atoms with Gasteiger partial charge in [0, 0.05) is 12.3 Å². The summed E-state index contributed by atoms with van der Waals surface area (Å²) in [6.07, 6.45) is 14.4. The average molecular weight is 484 g/mol. The third-order valence-corrected chi connectivity index (χ3v) is 7.97. The number of hydrogen-bond acceptors (Lipinski definition) is 5. The Morgan fingerprint density at radius 1 is 1.12 bits per heavy atom. The Bertz CT molecular complexity index is 709. The summed E-state index contributed by atoms with van der Waals surface area (Å²) >= 11 is 0. The van der Waals surface area contributed by atoms with Gasteiger partial charge in [-0.25, -0.2) is 9.59 Å². The van der Waals surface area contributed by atoms with Crippen LogP contribution in [0.2, 0.25) is 0 Å². The van der Waals surface area contributed by atoms with E-state index in [0.717, 1.165) is 12.8 Å². The zero-order valence-electron chi connectivity index (χ0n) is 21.7. The minimum Gasteiger partial charge on any atom is -0.445 e. The van der Waals surface area contributed by atoms with E-state index in [4.69, 9.17) is 13.7 Å². The van der Waals surface area contributed by atoms with Gasteiger partial charge < -0.3 is 19.0 Å². The highest BCUT2D eigenvalue weighted by Crippen LogP contribution is 2.52. The van der Waals surface area contributed by atoms with Crippen molar-refractivity contribution >= 4 is 22.6 Å². The van der Waals surface area contributed by atoms with Crippen molar-refractivity contribution in [2.24, 2.45) is 5.92 Å². The van der Waals surface area contributed by atoms with Gasteiger partial charge in [-0.2, -0.15) is 0 Å². The van der Waals surface area contributed by atoms with Crippen LogP contribution < -0.4 is 5.32 Å². The van der Waals surface area contributed by atoms with Crippen molar-refractivity contribution in [2.75, 3.05) is 32.8 Å². The van der Waals surface area contributed by atoms with Crippen LogP contribution in [0.1, 0.15) is 59.8 Å². The van der Waals surface area contributed by atoms with Gasteiger partial charge in [-0.3, -0.25) is 0 Å². The van der Waals surface area contributed by atoms with Crippen LogP contribution in [0.4, 0.5) is 9.59 Å².